The number of halogens is 1. The average molecular weight is 282 g/mol. The van der Waals surface area contributed by atoms with Gasteiger partial charge in [0.2, 0.25) is 5.91 Å². The van der Waals surface area contributed by atoms with Gasteiger partial charge >= 0.3 is 0 Å². The number of nitrogens with zero attached hydrogens (tertiary/aromatic N) is 1. The molecule has 2 rings (SSSR count). The zero-order chi connectivity index (χ0) is 13.8. The van der Waals surface area contributed by atoms with E-state index in [4.69, 9.17) is 17.3 Å². The lowest BCUT2D eigenvalue weighted by Crippen LogP contribution is -2.36. The van der Waals surface area contributed by atoms with E-state index in [1.165, 1.54) is 12.8 Å². The molecule has 0 saturated carbocycles. The molecule has 1 heterocycles. The van der Waals surface area contributed by atoms with Crippen molar-refractivity contribution in [1.82, 2.24) is 10.2 Å². The van der Waals surface area contributed by atoms with Crippen LogP contribution in [0.2, 0.25) is 5.02 Å². The van der Waals surface area contributed by atoms with Crippen LogP contribution in [0.4, 0.5) is 0 Å². The second kappa shape index (κ2) is 6.37. The van der Waals surface area contributed by atoms with Gasteiger partial charge in [-0.1, -0.05) is 17.7 Å². The molecule has 5 heteroatoms. The molecular weight excluding hydrogens is 262 g/mol. The van der Waals surface area contributed by atoms with E-state index in [9.17, 15) is 4.79 Å². The molecule has 19 heavy (non-hydrogen) atoms. The van der Waals surface area contributed by atoms with Crippen LogP contribution in [0.5, 0.6) is 0 Å². The number of likely N-dealkylation sites (tertiary alicyclic amines) is 1. The Hall–Kier alpha value is -1.10. The number of nitrogens with one attached hydrogen (secondary N) is 1. The SMILES string of the molecule is CNCC1CCCN1Cc1ccc(C(N)=O)cc1Cl. The van der Waals surface area contributed by atoms with Crippen LogP contribution in [0, 0.1) is 0 Å². The number of carbonyl (C=O) groups is 1. The maximum Gasteiger partial charge on any atom is 0.248 e. The van der Waals surface area contributed by atoms with Crippen molar-refractivity contribution in [3.63, 3.8) is 0 Å². The zero-order valence-electron chi connectivity index (χ0n) is 11.2. The fraction of sp³-hybridized carbons (Fsp3) is 0.500. The predicted octanol–water partition coefficient (Wildman–Crippen LogP) is 1.62. The highest BCUT2D eigenvalue weighted by Crippen LogP contribution is 2.24. The molecule has 1 aromatic rings. The maximum atomic E-state index is 11.1. The van der Waals surface area contributed by atoms with Crippen LogP contribution in [0.1, 0.15) is 28.8 Å². The normalized spacial score (nSPS) is 19.8. The Kier molecular flexibility index (Phi) is 4.80. The summed E-state index contributed by atoms with van der Waals surface area (Å²) in [6.07, 6.45) is 2.45. The number of hydrogen-bond donors (Lipinski definition) is 2. The summed E-state index contributed by atoms with van der Waals surface area (Å²) in [5, 5.41) is 3.85. The fourth-order valence-corrected chi connectivity index (χ4v) is 2.86. The number of primary amides is 1. The summed E-state index contributed by atoms with van der Waals surface area (Å²) in [6.45, 7) is 2.92. The molecular formula is C14H20ClN3O. The Morgan fingerprint density at radius 2 is 2.37 bits per heavy atom. The molecule has 3 N–H and O–H groups in total. The second-order valence-electron chi connectivity index (χ2n) is 4.99. The second-order valence-corrected chi connectivity index (χ2v) is 5.40. The number of carbonyl (C=O) groups excluding carboxylic acids is 1. The van der Waals surface area contributed by atoms with E-state index in [1.807, 2.05) is 13.1 Å². The lowest BCUT2D eigenvalue weighted by Gasteiger charge is -2.24. The Morgan fingerprint density at radius 3 is 3.00 bits per heavy atom. The maximum absolute atomic E-state index is 11.1. The van der Waals surface area contributed by atoms with Gasteiger partial charge in [-0.15, -0.1) is 0 Å². The fourth-order valence-electron chi connectivity index (χ4n) is 2.62. The molecule has 0 spiro atoms. The molecule has 0 bridgehead atoms. The van der Waals surface area contributed by atoms with Gasteiger partial charge in [-0.05, 0) is 44.1 Å². The third-order valence-electron chi connectivity index (χ3n) is 3.65. The summed E-state index contributed by atoms with van der Waals surface area (Å²) in [5.41, 5.74) is 6.75. The summed E-state index contributed by atoms with van der Waals surface area (Å²) < 4.78 is 0. The molecule has 4 nitrogen and oxygen atoms in total. The number of nitrogens with two attached hydrogens (primary N) is 1. The van der Waals surface area contributed by atoms with E-state index in [0.29, 0.717) is 16.6 Å². The molecule has 1 aromatic carbocycles. The largest absolute Gasteiger partial charge is 0.366 e. The molecule has 104 valence electrons. The molecule has 1 aliphatic heterocycles. The molecule has 1 unspecified atom stereocenters. The lowest BCUT2D eigenvalue weighted by atomic mass is 10.1. The number of benzene rings is 1. The van der Waals surface area contributed by atoms with Crippen LogP contribution in [0.25, 0.3) is 0 Å². The first kappa shape index (κ1) is 14.3. The van der Waals surface area contributed by atoms with E-state index >= 15 is 0 Å². The van der Waals surface area contributed by atoms with Crippen LogP contribution in [-0.4, -0.2) is 37.0 Å². The highest BCUT2D eigenvalue weighted by molar-refractivity contribution is 6.31. The summed E-state index contributed by atoms with van der Waals surface area (Å²) >= 11 is 6.23. The van der Waals surface area contributed by atoms with Crippen molar-refractivity contribution in [2.45, 2.75) is 25.4 Å². The van der Waals surface area contributed by atoms with Crippen LogP contribution in [-0.2, 0) is 6.54 Å². The smallest absolute Gasteiger partial charge is 0.248 e. The molecule has 1 saturated heterocycles. The third-order valence-corrected chi connectivity index (χ3v) is 4.00. The Morgan fingerprint density at radius 1 is 1.58 bits per heavy atom. The van der Waals surface area contributed by atoms with Crippen molar-refractivity contribution in [3.05, 3.63) is 34.3 Å². The van der Waals surface area contributed by atoms with Gasteiger partial charge in [0.25, 0.3) is 0 Å². The predicted molar refractivity (Wildman–Crippen MR) is 77.3 cm³/mol. The van der Waals surface area contributed by atoms with Gasteiger partial charge in [-0.3, -0.25) is 9.69 Å². The average Bonchev–Trinajstić information content (AvgIpc) is 2.79. The van der Waals surface area contributed by atoms with Crippen molar-refractivity contribution in [3.8, 4) is 0 Å². The molecule has 1 aliphatic rings. The standard InChI is InChI=1S/C14H20ClN3O/c1-17-8-12-3-2-6-18(12)9-11-5-4-10(14(16)19)7-13(11)15/h4-5,7,12,17H,2-3,6,8-9H2,1H3,(H2,16,19). The van der Waals surface area contributed by atoms with Crippen molar-refractivity contribution in [1.29, 1.82) is 0 Å². The van der Waals surface area contributed by atoms with Gasteiger partial charge in [0.1, 0.15) is 0 Å². The van der Waals surface area contributed by atoms with Crippen LogP contribution in [0.15, 0.2) is 18.2 Å². The summed E-state index contributed by atoms with van der Waals surface area (Å²) in [7, 11) is 1.98. The van der Waals surface area contributed by atoms with Crippen molar-refractivity contribution in [2.75, 3.05) is 20.1 Å². The number of amides is 1. The molecule has 1 amide bonds. The van der Waals surface area contributed by atoms with E-state index in [2.05, 4.69) is 10.2 Å². The number of hydrogen-bond acceptors (Lipinski definition) is 3. The van der Waals surface area contributed by atoms with Crippen molar-refractivity contribution < 1.29 is 4.79 Å². The number of rotatable bonds is 5. The first-order valence-electron chi connectivity index (χ1n) is 6.58. The highest BCUT2D eigenvalue weighted by atomic mass is 35.5. The summed E-state index contributed by atoms with van der Waals surface area (Å²) in [6, 6.07) is 5.86. The molecule has 1 fully saturated rings. The monoisotopic (exact) mass is 281 g/mol. The summed E-state index contributed by atoms with van der Waals surface area (Å²) in [5.74, 6) is -0.442. The van der Waals surface area contributed by atoms with E-state index in [1.54, 1.807) is 12.1 Å². The van der Waals surface area contributed by atoms with Crippen LogP contribution >= 0.6 is 11.6 Å². The first-order chi connectivity index (χ1) is 9.11. The first-order valence-corrected chi connectivity index (χ1v) is 6.96. The molecule has 0 aromatic heterocycles. The zero-order valence-corrected chi connectivity index (χ0v) is 11.9. The highest BCUT2D eigenvalue weighted by Gasteiger charge is 2.24. The van der Waals surface area contributed by atoms with Crippen molar-refractivity contribution in [2.24, 2.45) is 5.73 Å². The summed E-state index contributed by atoms with van der Waals surface area (Å²) in [4.78, 5) is 13.5. The third kappa shape index (κ3) is 3.47. The van der Waals surface area contributed by atoms with E-state index < -0.39 is 5.91 Å². The van der Waals surface area contributed by atoms with Crippen LogP contribution < -0.4 is 11.1 Å². The Bertz CT molecular complexity index is 464. The Labute approximate surface area is 118 Å². The quantitative estimate of drug-likeness (QED) is 0.862. The van der Waals surface area contributed by atoms with Gasteiger partial charge in [0, 0.05) is 29.7 Å². The van der Waals surface area contributed by atoms with Gasteiger partial charge in [0.05, 0.1) is 0 Å². The van der Waals surface area contributed by atoms with Gasteiger partial charge in [-0.2, -0.15) is 0 Å². The van der Waals surface area contributed by atoms with Gasteiger partial charge < -0.3 is 11.1 Å². The Balaban J connectivity index is 2.08. The lowest BCUT2D eigenvalue weighted by molar-refractivity contribution is 0.100. The molecule has 0 aliphatic carbocycles. The number of likely N-dealkylation sites (N-methyl/N-ethyl adjacent to an activating group) is 1. The van der Waals surface area contributed by atoms with Crippen LogP contribution in [0.3, 0.4) is 0 Å². The molecule has 0 radical (unpaired) electrons. The minimum absolute atomic E-state index is 0.442. The van der Waals surface area contributed by atoms with E-state index in [0.717, 1.165) is 25.2 Å². The van der Waals surface area contributed by atoms with Gasteiger partial charge in [-0.25, -0.2) is 0 Å². The minimum atomic E-state index is -0.442. The van der Waals surface area contributed by atoms with E-state index in [-0.39, 0.29) is 0 Å². The topological polar surface area (TPSA) is 58.4 Å². The van der Waals surface area contributed by atoms with Crippen molar-refractivity contribution >= 4 is 17.5 Å². The minimum Gasteiger partial charge on any atom is -0.366 e. The molecule has 1 atom stereocenters. The van der Waals surface area contributed by atoms with Gasteiger partial charge in [0.15, 0.2) is 0 Å².